The van der Waals surface area contributed by atoms with Crippen molar-refractivity contribution in [2.24, 2.45) is 0 Å². The van der Waals surface area contributed by atoms with Gasteiger partial charge in [-0.05, 0) is 18.6 Å². The zero-order valence-electron chi connectivity index (χ0n) is 15.1. The Balaban J connectivity index is 0.00000261. The fourth-order valence-corrected chi connectivity index (χ4v) is 2.96. The van der Waals surface area contributed by atoms with Gasteiger partial charge in [-0.15, -0.1) is 12.4 Å². The molecule has 3 rings (SSSR count). The third-order valence-corrected chi connectivity index (χ3v) is 4.36. The number of benzene rings is 2. The molecule has 2 aromatic carbocycles. The quantitative estimate of drug-likeness (QED) is 0.762. The number of nitrogens with zero attached hydrogens (tertiary/aromatic N) is 1. The maximum absolute atomic E-state index is 12.8. The summed E-state index contributed by atoms with van der Waals surface area (Å²) in [5.74, 6) is 0.656. The van der Waals surface area contributed by atoms with Gasteiger partial charge in [0.25, 0.3) is 5.91 Å². The number of halogens is 1. The SMILES string of the molecule is COc1cc(OC)cc(N2CCC(NC(=O)c3ccccc3N)C2=O)c1.Cl. The Kier molecular flexibility index (Phi) is 6.52. The van der Waals surface area contributed by atoms with Gasteiger partial charge in [0.05, 0.1) is 25.5 Å². The summed E-state index contributed by atoms with van der Waals surface area (Å²) in [7, 11) is 3.11. The Morgan fingerprint density at radius 3 is 2.37 bits per heavy atom. The molecule has 1 saturated heterocycles. The zero-order valence-corrected chi connectivity index (χ0v) is 15.9. The van der Waals surface area contributed by atoms with Crippen LogP contribution in [0.4, 0.5) is 11.4 Å². The van der Waals surface area contributed by atoms with Crippen LogP contribution in [0.5, 0.6) is 11.5 Å². The summed E-state index contributed by atoms with van der Waals surface area (Å²) in [5.41, 5.74) is 7.24. The van der Waals surface area contributed by atoms with Crippen molar-refractivity contribution in [2.75, 3.05) is 31.4 Å². The maximum Gasteiger partial charge on any atom is 0.254 e. The maximum atomic E-state index is 12.8. The van der Waals surface area contributed by atoms with E-state index >= 15 is 0 Å². The monoisotopic (exact) mass is 391 g/mol. The number of carbonyl (C=O) groups is 2. The molecular weight excluding hydrogens is 370 g/mol. The van der Waals surface area contributed by atoms with Gasteiger partial charge in [0.1, 0.15) is 17.5 Å². The summed E-state index contributed by atoms with van der Waals surface area (Å²) < 4.78 is 10.5. The Bertz CT molecular complexity index is 821. The molecule has 144 valence electrons. The van der Waals surface area contributed by atoms with Gasteiger partial charge in [0.15, 0.2) is 0 Å². The van der Waals surface area contributed by atoms with E-state index in [0.717, 1.165) is 0 Å². The number of nitrogens with one attached hydrogen (secondary N) is 1. The van der Waals surface area contributed by atoms with Crippen molar-refractivity contribution in [3.8, 4) is 11.5 Å². The minimum absolute atomic E-state index is 0. The predicted octanol–water partition coefficient (Wildman–Crippen LogP) is 2.24. The normalized spacial score (nSPS) is 15.9. The smallest absolute Gasteiger partial charge is 0.254 e. The zero-order chi connectivity index (χ0) is 18.7. The van der Waals surface area contributed by atoms with E-state index < -0.39 is 6.04 Å². The van der Waals surface area contributed by atoms with E-state index in [9.17, 15) is 9.59 Å². The molecular formula is C19H22ClN3O4. The molecule has 27 heavy (non-hydrogen) atoms. The Morgan fingerprint density at radius 2 is 1.78 bits per heavy atom. The second-order valence-corrected chi connectivity index (χ2v) is 5.96. The predicted molar refractivity (Wildman–Crippen MR) is 106 cm³/mol. The lowest BCUT2D eigenvalue weighted by atomic mass is 10.1. The highest BCUT2D eigenvalue weighted by atomic mass is 35.5. The van der Waals surface area contributed by atoms with Crippen molar-refractivity contribution in [3.05, 3.63) is 48.0 Å². The van der Waals surface area contributed by atoms with E-state index in [1.807, 2.05) is 0 Å². The molecule has 0 saturated carbocycles. The number of rotatable bonds is 5. The summed E-state index contributed by atoms with van der Waals surface area (Å²) in [6.07, 6.45) is 0.511. The Hall–Kier alpha value is -2.93. The van der Waals surface area contributed by atoms with Crippen LogP contribution < -0.4 is 25.4 Å². The van der Waals surface area contributed by atoms with Crippen LogP contribution in [0.1, 0.15) is 16.8 Å². The summed E-state index contributed by atoms with van der Waals surface area (Å²) in [5, 5.41) is 2.77. The number of carbonyl (C=O) groups excluding carboxylic acids is 2. The summed E-state index contributed by atoms with van der Waals surface area (Å²) >= 11 is 0. The van der Waals surface area contributed by atoms with Crippen molar-refractivity contribution < 1.29 is 19.1 Å². The van der Waals surface area contributed by atoms with Crippen LogP contribution in [-0.4, -0.2) is 38.6 Å². The van der Waals surface area contributed by atoms with Crippen LogP contribution in [0, 0.1) is 0 Å². The Labute approximate surface area is 163 Å². The molecule has 0 aromatic heterocycles. The highest BCUT2D eigenvalue weighted by Crippen LogP contribution is 2.31. The molecule has 1 aliphatic heterocycles. The third kappa shape index (κ3) is 4.25. The fraction of sp³-hybridized carbons (Fsp3) is 0.263. The van der Waals surface area contributed by atoms with Gasteiger partial charge in [-0.3, -0.25) is 9.59 Å². The number of methoxy groups -OCH3 is 2. The number of nitrogen functional groups attached to an aromatic ring is 1. The molecule has 1 heterocycles. The van der Waals surface area contributed by atoms with Crippen molar-refractivity contribution in [1.82, 2.24) is 5.32 Å². The molecule has 0 spiro atoms. The number of amides is 2. The van der Waals surface area contributed by atoms with E-state index in [1.54, 1.807) is 61.6 Å². The van der Waals surface area contributed by atoms with Crippen molar-refractivity contribution in [1.29, 1.82) is 0 Å². The molecule has 0 aliphatic carbocycles. The first kappa shape index (κ1) is 20.4. The van der Waals surface area contributed by atoms with Crippen molar-refractivity contribution in [2.45, 2.75) is 12.5 Å². The highest BCUT2D eigenvalue weighted by Gasteiger charge is 2.34. The summed E-state index contributed by atoms with van der Waals surface area (Å²) in [4.78, 5) is 26.8. The minimum atomic E-state index is -0.598. The van der Waals surface area contributed by atoms with Crippen LogP contribution in [-0.2, 0) is 4.79 Å². The van der Waals surface area contributed by atoms with E-state index in [1.165, 1.54) is 0 Å². The van der Waals surface area contributed by atoms with Crippen molar-refractivity contribution >= 4 is 35.6 Å². The first-order valence-corrected chi connectivity index (χ1v) is 8.23. The fourth-order valence-electron chi connectivity index (χ4n) is 2.96. The number of nitrogens with two attached hydrogens (primary N) is 1. The second-order valence-electron chi connectivity index (χ2n) is 5.96. The first-order chi connectivity index (χ1) is 12.5. The molecule has 8 heteroatoms. The average Bonchev–Trinajstić information content (AvgIpc) is 3.02. The molecule has 1 atom stereocenters. The molecule has 3 N–H and O–H groups in total. The van der Waals surface area contributed by atoms with Gasteiger partial charge < -0.3 is 25.4 Å². The molecule has 0 bridgehead atoms. The Morgan fingerprint density at radius 1 is 1.15 bits per heavy atom. The van der Waals surface area contributed by atoms with Gasteiger partial charge in [-0.2, -0.15) is 0 Å². The molecule has 1 aliphatic rings. The summed E-state index contributed by atoms with van der Waals surface area (Å²) in [6.45, 7) is 0.490. The molecule has 1 fully saturated rings. The lowest BCUT2D eigenvalue weighted by molar-refractivity contribution is -0.118. The average molecular weight is 392 g/mol. The van der Waals surface area contributed by atoms with E-state index in [2.05, 4.69) is 5.32 Å². The minimum Gasteiger partial charge on any atom is -0.497 e. The number of anilines is 2. The molecule has 0 radical (unpaired) electrons. The van der Waals surface area contributed by atoms with Gasteiger partial charge in [0.2, 0.25) is 5.91 Å². The lowest BCUT2D eigenvalue weighted by Crippen LogP contribution is -2.41. The highest BCUT2D eigenvalue weighted by molar-refractivity contribution is 6.05. The third-order valence-electron chi connectivity index (χ3n) is 4.36. The van der Waals surface area contributed by atoms with Crippen LogP contribution >= 0.6 is 12.4 Å². The lowest BCUT2D eigenvalue weighted by Gasteiger charge is -2.19. The molecule has 2 amide bonds. The van der Waals surface area contributed by atoms with Crippen LogP contribution in [0.15, 0.2) is 42.5 Å². The first-order valence-electron chi connectivity index (χ1n) is 8.23. The van der Waals surface area contributed by atoms with Gasteiger partial charge in [-0.1, -0.05) is 12.1 Å². The number of hydrogen-bond donors (Lipinski definition) is 2. The van der Waals surface area contributed by atoms with Crippen molar-refractivity contribution in [3.63, 3.8) is 0 Å². The van der Waals surface area contributed by atoms with E-state index in [4.69, 9.17) is 15.2 Å². The van der Waals surface area contributed by atoms with Gasteiger partial charge in [0, 0.05) is 30.4 Å². The second kappa shape index (κ2) is 8.64. The topological polar surface area (TPSA) is 93.9 Å². The van der Waals surface area contributed by atoms with Gasteiger partial charge in [-0.25, -0.2) is 0 Å². The van der Waals surface area contributed by atoms with Crippen LogP contribution in [0.25, 0.3) is 0 Å². The summed E-state index contributed by atoms with van der Waals surface area (Å²) in [6, 6.07) is 11.4. The largest absolute Gasteiger partial charge is 0.497 e. The van der Waals surface area contributed by atoms with E-state index in [-0.39, 0.29) is 24.2 Å². The van der Waals surface area contributed by atoms with Crippen LogP contribution in [0.3, 0.4) is 0 Å². The molecule has 2 aromatic rings. The number of para-hydroxylation sites is 1. The molecule has 1 unspecified atom stereocenters. The van der Waals surface area contributed by atoms with Gasteiger partial charge >= 0.3 is 0 Å². The number of hydrogen-bond acceptors (Lipinski definition) is 5. The molecule has 7 nitrogen and oxygen atoms in total. The van der Waals surface area contributed by atoms with E-state index in [0.29, 0.717) is 41.4 Å². The standard InChI is InChI=1S/C19H21N3O4.ClH/c1-25-13-9-12(10-14(11-13)26-2)22-8-7-17(19(22)24)21-18(23)15-5-3-4-6-16(15)20;/h3-6,9-11,17H,7-8,20H2,1-2H3,(H,21,23);1H. The number of ether oxygens (including phenoxy) is 2. The van der Waals surface area contributed by atoms with Crippen LogP contribution in [0.2, 0.25) is 0 Å².